The molecule has 1 fully saturated rings. The third-order valence-electron chi connectivity index (χ3n) is 5.58. The van der Waals surface area contributed by atoms with E-state index in [0.717, 1.165) is 5.69 Å². The third kappa shape index (κ3) is 3.84. The lowest BCUT2D eigenvalue weighted by molar-refractivity contribution is 0.102. The molecule has 0 bridgehead atoms. The van der Waals surface area contributed by atoms with Gasteiger partial charge in [-0.1, -0.05) is 31.4 Å². The van der Waals surface area contributed by atoms with Crippen molar-refractivity contribution in [3.05, 3.63) is 66.1 Å². The predicted molar refractivity (Wildman–Crippen MR) is 111 cm³/mol. The van der Waals surface area contributed by atoms with E-state index in [1.807, 2.05) is 24.3 Å². The van der Waals surface area contributed by atoms with Crippen LogP contribution in [0.2, 0.25) is 0 Å². The average Bonchev–Trinajstić information content (AvgIpc) is 2.74. The minimum absolute atomic E-state index is 0.204. The number of para-hydroxylation sites is 1. The Morgan fingerprint density at radius 2 is 1.86 bits per heavy atom. The smallest absolute Gasteiger partial charge is 0.255 e. The Hall–Kier alpha value is -2.95. The number of pyridine rings is 1. The minimum Gasteiger partial charge on any atom is -0.372 e. The van der Waals surface area contributed by atoms with E-state index in [9.17, 15) is 9.18 Å². The Morgan fingerprint density at radius 3 is 2.61 bits per heavy atom. The summed E-state index contributed by atoms with van der Waals surface area (Å²) in [7, 11) is 2.13. The molecule has 4 rings (SSSR count). The van der Waals surface area contributed by atoms with Crippen LogP contribution in [0.25, 0.3) is 10.9 Å². The molecular formula is C23H24FN3O. The molecule has 1 aliphatic rings. The van der Waals surface area contributed by atoms with E-state index in [1.165, 1.54) is 44.4 Å². The van der Waals surface area contributed by atoms with Crippen LogP contribution in [0.5, 0.6) is 0 Å². The summed E-state index contributed by atoms with van der Waals surface area (Å²) in [6, 6.07) is 14.8. The maximum absolute atomic E-state index is 13.7. The maximum Gasteiger partial charge on any atom is 0.255 e. The van der Waals surface area contributed by atoms with Gasteiger partial charge >= 0.3 is 0 Å². The number of carbonyl (C=O) groups excluding carboxylic acids is 1. The molecule has 1 heterocycles. The van der Waals surface area contributed by atoms with Crippen molar-refractivity contribution in [2.75, 3.05) is 17.3 Å². The highest BCUT2D eigenvalue weighted by atomic mass is 19.1. The minimum atomic E-state index is -0.368. The Labute approximate surface area is 164 Å². The van der Waals surface area contributed by atoms with Crippen LogP contribution in [0.3, 0.4) is 0 Å². The Morgan fingerprint density at radius 1 is 1.11 bits per heavy atom. The normalized spacial score (nSPS) is 14.8. The number of nitrogens with zero attached hydrogens (tertiary/aromatic N) is 2. The quantitative estimate of drug-likeness (QED) is 0.662. The lowest BCUT2D eigenvalue weighted by atomic mass is 9.94. The van der Waals surface area contributed by atoms with Crippen molar-refractivity contribution in [2.24, 2.45) is 0 Å². The van der Waals surface area contributed by atoms with E-state index >= 15 is 0 Å². The van der Waals surface area contributed by atoms with Gasteiger partial charge in [0.15, 0.2) is 0 Å². The van der Waals surface area contributed by atoms with Crippen molar-refractivity contribution in [2.45, 2.75) is 38.1 Å². The molecule has 28 heavy (non-hydrogen) atoms. The first-order chi connectivity index (χ1) is 13.6. The van der Waals surface area contributed by atoms with E-state index in [4.69, 9.17) is 0 Å². The number of fused-ring (bicyclic) bond motifs is 1. The van der Waals surface area contributed by atoms with Crippen LogP contribution in [0, 0.1) is 5.82 Å². The molecule has 0 aliphatic heterocycles. The SMILES string of the molecule is CN(c1ccc(C(=O)Nc2cnc3c(F)cccc3c2)cc1)C1CCCCC1. The standard InChI is InChI=1S/C23H24FN3O/c1-27(19-7-3-2-4-8-19)20-12-10-16(11-13-20)23(28)26-18-14-17-6-5-9-21(24)22(17)25-15-18/h5-6,9-15,19H,2-4,7-8H2,1H3,(H,26,28). The number of carbonyl (C=O) groups is 1. The summed E-state index contributed by atoms with van der Waals surface area (Å²) < 4.78 is 13.7. The van der Waals surface area contributed by atoms with Crippen LogP contribution in [0.1, 0.15) is 42.5 Å². The summed E-state index contributed by atoms with van der Waals surface area (Å²) in [6.45, 7) is 0. The molecule has 5 heteroatoms. The zero-order valence-electron chi connectivity index (χ0n) is 16.0. The number of amides is 1. The second-order valence-electron chi connectivity index (χ2n) is 7.44. The molecule has 3 aromatic rings. The van der Waals surface area contributed by atoms with Gasteiger partial charge in [-0.3, -0.25) is 9.78 Å². The lowest BCUT2D eigenvalue weighted by Gasteiger charge is -2.33. The molecule has 1 saturated carbocycles. The first-order valence-corrected chi connectivity index (χ1v) is 9.80. The highest BCUT2D eigenvalue weighted by molar-refractivity contribution is 6.05. The largest absolute Gasteiger partial charge is 0.372 e. The van der Waals surface area contributed by atoms with Gasteiger partial charge in [-0.05, 0) is 49.2 Å². The van der Waals surface area contributed by atoms with Crippen molar-refractivity contribution >= 4 is 28.2 Å². The van der Waals surface area contributed by atoms with E-state index in [2.05, 4.69) is 22.2 Å². The summed E-state index contributed by atoms with van der Waals surface area (Å²) >= 11 is 0. The van der Waals surface area contributed by atoms with Crippen LogP contribution in [-0.4, -0.2) is 24.0 Å². The summed E-state index contributed by atoms with van der Waals surface area (Å²) in [5.41, 5.74) is 2.56. The van der Waals surface area contributed by atoms with Crippen LogP contribution < -0.4 is 10.2 Å². The molecule has 0 spiro atoms. The molecule has 0 unspecified atom stereocenters. The van der Waals surface area contributed by atoms with E-state index in [0.29, 0.717) is 28.2 Å². The van der Waals surface area contributed by atoms with E-state index in [-0.39, 0.29) is 11.7 Å². The van der Waals surface area contributed by atoms with Crippen molar-refractivity contribution < 1.29 is 9.18 Å². The number of nitrogens with one attached hydrogen (secondary N) is 1. The van der Waals surface area contributed by atoms with Crippen molar-refractivity contribution in [1.82, 2.24) is 4.98 Å². The first-order valence-electron chi connectivity index (χ1n) is 9.80. The molecule has 1 aromatic heterocycles. The van der Waals surface area contributed by atoms with Gasteiger partial charge in [0.1, 0.15) is 11.3 Å². The Kier molecular flexibility index (Phi) is 5.24. The Bertz CT molecular complexity index is 981. The predicted octanol–water partition coefficient (Wildman–Crippen LogP) is 5.40. The van der Waals surface area contributed by atoms with Gasteiger partial charge in [0.05, 0.1) is 11.9 Å². The van der Waals surface area contributed by atoms with Gasteiger partial charge in [0, 0.05) is 29.7 Å². The molecule has 144 valence electrons. The maximum atomic E-state index is 13.7. The number of rotatable bonds is 4. The molecule has 1 amide bonds. The van der Waals surface area contributed by atoms with Gasteiger partial charge in [-0.15, -0.1) is 0 Å². The fourth-order valence-corrected chi connectivity index (χ4v) is 3.92. The van der Waals surface area contributed by atoms with Gasteiger partial charge in [-0.2, -0.15) is 0 Å². The van der Waals surface area contributed by atoms with Crippen molar-refractivity contribution in [1.29, 1.82) is 0 Å². The summed E-state index contributed by atoms with van der Waals surface area (Å²) in [6.07, 6.45) is 7.86. The monoisotopic (exact) mass is 377 g/mol. The summed E-state index contributed by atoms with van der Waals surface area (Å²) in [5.74, 6) is -0.572. The van der Waals surface area contributed by atoms with Crippen molar-refractivity contribution in [3.63, 3.8) is 0 Å². The zero-order chi connectivity index (χ0) is 19.5. The van der Waals surface area contributed by atoms with Gasteiger partial charge in [0.2, 0.25) is 0 Å². The number of halogens is 1. The molecular weight excluding hydrogens is 353 g/mol. The molecule has 4 nitrogen and oxygen atoms in total. The fourth-order valence-electron chi connectivity index (χ4n) is 3.92. The molecule has 2 aromatic carbocycles. The molecule has 0 atom stereocenters. The summed E-state index contributed by atoms with van der Waals surface area (Å²) in [5, 5.41) is 3.50. The van der Waals surface area contributed by atoms with Crippen LogP contribution in [-0.2, 0) is 0 Å². The highest BCUT2D eigenvalue weighted by Gasteiger charge is 2.18. The average molecular weight is 377 g/mol. The number of benzene rings is 2. The second kappa shape index (κ2) is 7.97. The molecule has 1 aliphatic carbocycles. The lowest BCUT2D eigenvalue weighted by Crippen LogP contribution is -2.33. The van der Waals surface area contributed by atoms with Gasteiger partial charge in [0.25, 0.3) is 5.91 Å². The molecule has 0 saturated heterocycles. The fraction of sp³-hybridized carbons (Fsp3) is 0.304. The first kappa shape index (κ1) is 18.4. The van der Waals surface area contributed by atoms with E-state index in [1.54, 1.807) is 18.2 Å². The molecule has 1 N–H and O–H groups in total. The highest BCUT2D eigenvalue weighted by Crippen LogP contribution is 2.26. The third-order valence-corrected chi connectivity index (χ3v) is 5.58. The van der Waals surface area contributed by atoms with Crippen LogP contribution >= 0.6 is 0 Å². The second-order valence-corrected chi connectivity index (χ2v) is 7.44. The number of anilines is 2. The van der Waals surface area contributed by atoms with Crippen LogP contribution in [0.4, 0.5) is 15.8 Å². The number of hydrogen-bond acceptors (Lipinski definition) is 3. The van der Waals surface area contributed by atoms with E-state index < -0.39 is 0 Å². The number of aromatic nitrogens is 1. The van der Waals surface area contributed by atoms with Gasteiger partial charge < -0.3 is 10.2 Å². The van der Waals surface area contributed by atoms with Crippen molar-refractivity contribution in [3.8, 4) is 0 Å². The Balaban J connectivity index is 1.46. The summed E-state index contributed by atoms with van der Waals surface area (Å²) in [4.78, 5) is 19.0. The van der Waals surface area contributed by atoms with Crippen LogP contribution in [0.15, 0.2) is 54.7 Å². The van der Waals surface area contributed by atoms with Gasteiger partial charge in [-0.25, -0.2) is 4.39 Å². The zero-order valence-corrected chi connectivity index (χ0v) is 16.0. The topological polar surface area (TPSA) is 45.2 Å². The number of hydrogen-bond donors (Lipinski definition) is 1. The molecule has 0 radical (unpaired) electrons.